The molecule has 3 atom stereocenters. The van der Waals surface area contributed by atoms with Crippen LogP contribution in [-0.4, -0.2) is 35.7 Å². The lowest BCUT2D eigenvalue weighted by molar-refractivity contribution is -0.148. The summed E-state index contributed by atoms with van der Waals surface area (Å²) >= 11 is 1.95. The Kier molecular flexibility index (Phi) is 8.75. The zero-order chi connectivity index (χ0) is 15.1. The van der Waals surface area contributed by atoms with E-state index in [0.29, 0.717) is 16.4 Å². The van der Waals surface area contributed by atoms with Gasteiger partial charge in [-0.25, -0.2) is 0 Å². The van der Waals surface area contributed by atoms with Crippen LogP contribution >= 0.6 is 11.8 Å². The lowest BCUT2D eigenvalue weighted by Crippen LogP contribution is -2.52. The smallest absolute Gasteiger partial charge is 0.325 e. The third-order valence-corrected chi connectivity index (χ3v) is 5.09. The summed E-state index contributed by atoms with van der Waals surface area (Å²) in [6.45, 7) is 13.8. The van der Waals surface area contributed by atoms with Gasteiger partial charge in [-0.3, -0.25) is 4.79 Å². The molecule has 19 heavy (non-hydrogen) atoms. The molecule has 0 rings (SSSR count). The summed E-state index contributed by atoms with van der Waals surface area (Å²) in [6, 6.07) is 0. The van der Waals surface area contributed by atoms with Crippen molar-refractivity contribution in [1.82, 2.24) is 5.32 Å². The highest BCUT2D eigenvalue weighted by atomic mass is 32.2. The predicted molar refractivity (Wildman–Crippen MR) is 84.7 cm³/mol. The van der Waals surface area contributed by atoms with E-state index >= 15 is 0 Å². The molecule has 1 N–H and O–H groups in total. The van der Waals surface area contributed by atoms with Gasteiger partial charge in [-0.05, 0) is 32.2 Å². The fourth-order valence-corrected chi connectivity index (χ4v) is 3.48. The Morgan fingerprint density at radius 3 is 2.32 bits per heavy atom. The molecule has 0 aromatic rings. The van der Waals surface area contributed by atoms with Gasteiger partial charge in [-0.15, -0.1) is 0 Å². The van der Waals surface area contributed by atoms with Crippen LogP contribution in [0.25, 0.3) is 0 Å². The van der Waals surface area contributed by atoms with Crippen molar-refractivity contribution in [2.24, 2.45) is 5.92 Å². The largest absolute Gasteiger partial charge is 0.468 e. The number of methoxy groups -OCH3 is 1. The molecule has 0 spiro atoms. The molecule has 3 unspecified atom stereocenters. The Morgan fingerprint density at radius 1 is 1.32 bits per heavy atom. The lowest BCUT2D eigenvalue weighted by atomic mass is 9.96. The number of carbonyl (C=O) groups excluding carboxylic acids is 1. The SMILES string of the molecule is CCCNC(C)(CC(C)SC(C)C(C)C)C(=O)OC. The average molecular weight is 289 g/mol. The van der Waals surface area contributed by atoms with Crippen molar-refractivity contribution >= 4 is 17.7 Å². The Morgan fingerprint density at radius 2 is 1.89 bits per heavy atom. The van der Waals surface area contributed by atoms with E-state index in [2.05, 4.69) is 39.9 Å². The third-order valence-electron chi connectivity index (χ3n) is 3.48. The summed E-state index contributed by atoms with van der Waals surface area (Å²) < 4.78 is 4.96. The van der Waals surface area contributed by atoms with Crippen LogP contribution in [0.3, 0.4) is 0 Å². The zero-order valence-electron chi connectivity index (χ0n) is 13.6. The fourth-order valence-electron chi connectivity index (χ4n) is 2.00. The molecule has 0 aromatic heterocycles. The molecule has 0 aromatic carbocycles. The first-order valence-corrected chi connectivity index (χ1v) is 8.20. The summed E-state index contributed by atoms with van der Waals surface area (Å²) in [5.74, 6) is 0.492. The number of nitrogens with one attached hydrogen (secondary N) is 1. The number of thioether (sulfide) groups is 1. The standard InChI is InChI=1S/C15H31NO2S/c1-8-9-16-15(6,14(17)18-7)10-12(4)19-13(5)11(2)3/h11-13,16H,8-10H2,1-7H3. The van der Waals surface area contributed by atoms with E-state index in [1.807, 2.05) is 18.7 Å². The topological polar surface area (TPSA) is 38.3 Å². The number of hydrogen-bond acceptors (Lipinski definition) is 4. The van der Waals surface area contributed by atoms with E-state index in [1.165, 1.54) is 7.11 Å². The van der Waals surface area contributed by atoms with Crippen LogP contribution < -0.4 is 5.32 Å². The molecule has 0 aliphatic carbocycles. The van der Waals surface area contributed by atoms with Gasteiger partial charge < -0.3 is 10.1 Å². The van der Waals surface area contributed by atoms with Crippen molar-refractivity contribution in [2.45, 2.75) is 70.4 Å². The molecule has 0 amide bonds. The summed E-state index contributed by atoms with van der Waals surface area (Å²) in [6.07, 6.45) is 1.80. The minimum atomic E-state index is -0.576. The van der Waals surface area contributed by atoms with Crippen molar-refractivity contribution < 1.29 is 9.53 Å². The van der Waals surface area contributed by atoms with Gasteiger partial charge in [0.15, 0.2) is 0 Å². The molecule has 0 fully saturated rings. The third kappa shape index (κ3) is 6.66. The highest BCUT2D eigenvalue weighted by molar-refractivity contribution is 8.00. The van der Waals surface area contributed by atoms with E-state index in [4.69, 9.17) is 4.74 Å². The Bertz CT molecular complexity index is 271. The number of hydrogen-bond donors (Lipinski definition) is 1. The maximum absolute atomic E-state index is 12.0. The van der Waals surface area contributed by atoms with E-state index in [-0.39, 0.29) is 5.97 Å². The Hall–Kier alpha value is -0.220. The van der Waals surface area contributed by atoms with Gasteiger partial charge in [0, 0.05) is 10.5 Å². The summed E-state index contributed by atoms with van der Waals surface area (Å²) in [5, 5.41) is 4.36. The van der Waals surface area contributed by atoms with Crippen molar-refractivity contribution in [1.29, 1.82) is 0 Å². The summed E-state index contributed by atoms with van der Waals surface area (Å²) in [5.41, 5.74) is -0.576. The first-order chi connectivity index (χ1) is 8.76. The van der Waals surface area contributed by atoms with Gasteiger partial charge in [0.25, 0.3) is 0 Å². The van der Waals surface area contributed by atoms with Crippen molar-refractivity contribution in [2.75, 3.05) is 13.7 Å². The second kappa shape index (κ2) is 8.85. The predicted octanol–water partition coefficient (Wildman–Crippen LogP) is 3.47. The van der Waals surface area contributed by atoms with E-state index in [0.717, 1.165) is 19.4 Å². The Balaban J connectivity index is 4.58. The van der Waals surface area contributed by atoms with Crippen LogP contribution in [0, 0.1) is 5.92 Å². The van der Waals surface area contributed by atoms with Gasteiger partial charge in [0.1, 0.15) is 5.54 Å². The molecule has 0 heterocycles. The number of rotatable bonds is 9. The van der Waals surface area contributed by atoms with E-state index in [9.17, 15) is 4.79 Å². The summed E-state index contributed by atoms with van der Waals surface area (Å²) in [4.78, 5) is 12.0. The van der Waals surface area contributed by atoms with Crippen LogP contribution in [0.4, 0.5) is 0 Å². The molecule has 0 bridgehead atoms. The molecule has 0 aliphatic rings. The van der Waals surface area contributed by atoms with Crippen LogP contribution in [0.1, 0.15) is 54.4 Å². The minimum absolute atomic E-state index is 0.161. The quantitative estimate of drug-likeness (QED) is 0.660. The molecule has 0 radical (unpaired) electrons. The van der Waals surface area contributed by atoms with Gasteiger partial charge in [-0.2, -0.15) is 11.8 Å². The van der Waals surface area contributed by atoms with Gasteiger partial charge in [0.05, 0.1) is 7.11 Å². The second-order valence-corrected chi connectivity index (χ2v) is 7.67. The monoisotopic (exact) mass is 289 g/mol. The first kappa shape index (κ1) is 18.8. The summed E-state index contributed by atoms with van der Waals surface area (Å²) in [7, 11) is 1.46. The van der Waals surface area contributed by atoms with E-state index in [1.54, 1.807) is 0 Å². The maximum Gasteiger partial charge on any atom is 0.325 e. The highest BCUT2D eigenvalue weighted by Gasteiger charge is 2.35. The molecule has 0 aliphatic heterocycles. The molecule has 0 saturated heterocycles. The van der Waals surface area contributed by atoms with Crippen LogP contribution in [0.15, 0.2) is 0 Å². The molecular weight excluding hydrogens is 258 g/mol. The Labute approximate surface area is 123 Å². The average Bonchev–Trinajstić information content (AvgIpc) is 2.34. The van der Waals surface area contributed by atoms with Crippen LogP contribution in [-0.2, 0) is 9.53 Å². The van der Waals surface area contributed by atoms with Gasteiger partial charge in [0.2, 0.25) is 0 Å². The lowest BCUT2D eigenvalue weighted by Gasteiger charge is -2.31. The number of ether oxygens (including phenoxy) is 1. The molecular formula is C15H31NO2S. The normalized spacial score (nSPS) is 17.9. The maximum atomic E-state index is 12.0. The fraction of sp³-hybridized carbons (Fsp3) is 0.933. The van der Waals surface area contributed by atoms with Crippen molar-refractivity contribution in [3.8, 4) is 0 Å². The first-order valence-electron chi connectivity index (χ1n) is 7.25. The molecule has 114 valence electrons. The zero-order valence-corrected chi connectivity index (χ0v) is 14.4. The number of esters is 1. The van der Waals surface area contributed by atoms with E-state index < -0.39 is 5.54 Å². The van der Waals surface area contributed by atoms with Gasteiger partial charge in [-0.1, -0.05) is 34.6 Å². The van der Waals surface area contributed by atoms with Crippen molar-refractivity contribution in [3.63, 3.8) is 0 Å². The highest BCUT2D eigenvalue weighted by Crippen LogP contribution is 2.29. The molecule has 4 heteroatoms. The minimum Gasteiger partial charge on any atom is -0.468 e. The van der Waals surface area contributed by atoms with Crippen LogP contribution in [0.5, 0.6) is 0 Å². The van der Waals surface area contributed by atoms with Gasteiger partial charge >= 0.3 is 5.97 Å². The second-order valence-electron chi connectivity index (χ2n) is 5.85. The molecule has 0 saturated carbocycles. The number of carbonyl (C=O) groups is 1. The van der Waals surface area contributed by atoms with Crippen LogP contribution in [0.2, 0.25) is 0 Å². The van der Waals surface area contributed by atoms with Crippen molar-refractivity contribution in [3.05, 3.63) is 0 Å². The molecule has 3 nitrogen and oxygen atoms in total.